The molecule has 0 unspecified atom stereocenters. The summed E-state index contributed by atoms with van der Waals surface area (Å²) >= 11 is 0.482. The van der Waals surface area contributed by atoms with Crippen LogP contribution in [0.25, 0.3) is 10.2 Å². The van der Waals surface area contributed by atoms with Crippen molar-refractivity contribution in [1.29, 1.82) is 0 Å². The number of aromatic nitrogens is 1. The first-order valence-corrected chi connectivity index (χ1v) is 6.54. The number of benzene rings is 2. The zero-order valence-corrected chi connectivity index (χ0v) is 11.0. The maximum atomic E-state index is 13.6. The van der Waals surface area contributed by atoms with Crippen LogP contribution in [0.4, 0.5) is 17.6 Å². The zero-order chi connectivity index (χ0) is 15.1. The lowest BCUT2D eigenvalue weighted by Crippen LogP contribution is -2.00. The van der Waals surface area contributed by atoms with Crippen LogP contribution in [0.3, 0.4) is 0 Å². The molecule has 0 saturated carbocycles. The molecule has 0 atom stereocenters. The summed E-state index contributed by atoms with van der Waals surface area (Å²) in [5.74, 6) is -7.58. The molecule has 0 aliphatic carbocycles. The molecule has 0 aliphatic heterocycles. The number of carbonyl (C=O) groups is 1. The molecule has 0 saturated heterocycles. The highest BCUT2D eigenvalue weighted by Crippen LogP contribution is 2.31. The first-order valence-electron chi connectivity index (χ1n) is 5.73. The number of fused-ring (bicyclic) bond motifs is 1. The van der Waals surface area contributed by atoms with Gasteiger partial charge in [-0.25, -0.2) is 22.5 Å². The van der Waals surface area contributed by atoms with Gasteiger partial charge in [0.2, 0.25) is 5.78 Å². The quantitative estimate of drug-likeness (QED) is 0.309. The lowest BCUT2D eigenvalue weighted by molar-refractivity contribution is 0.103. The zero-order valence-electron chi connectivity index (χ0n) is 10.2. The Morgan fingerprint density at radius 1 is 0.905 bits per heavy atom. The Bertz CT molecular complexity index is 816. The Morgan fingerprint density at radius 2 is 1.52 bits per heavy atom. The predicted octanol–water partition coefficient (Wildman–Crippen LogP) is 4.08. The second-order valence-corrected chi connectivity index (χ2v) is 5.15. The van der Waals surface area contributed by atoms with Gasteiger partial charge >= 0.3 is 0 Å². The van der Waals surface area contributed by atoms with Gasteiger partial charge in [-0.3, -0.25) is 4.79 Å². The highest BCUT2D eigenvalue weighted by molar-refractivity contribution is 7.20. The van der Waals surface area contributed by atoms with E-state index in [9.17, 15) is 22.4 Å². The third kappa shape index (κ3) is 2.09. The van der Waals surface area contributed by atoms with Crippen molar-refractivity contribution in [2.75, 3.05) is 0 Å². The second-order valence-electron chi connectivity index (χ2n) is 4.15. The van der Waals surface area contributed by atoms with Crippen LogP contribution >= 0.6 is 11.3 Å². The fourth-order valence-corrected chi connectivity index (χ4v) is 2.78. The summed E-state index contributed by atoms with van der Waals surface area (Å²) in [5.41, 5.74) is -0.422. The van der Waals surface area contributed by atoms with Gasteiger partial charge in [-0.05, 0) is 0 Å². The molecule has 3 aromatic rings. The number of nitrogens with zero attached hydrogens (tertiary/aromatic N) is 1. The third-order valence-electron chi connectivity index (χ3n) is 2.84. The minimum Gasteiger partial charge on any atom is -0.286 e. The Morgan fingerprint density at radius 3 is 2.19 bits per heavy atom. The van der Waals surface area contributed by atoms with Crippen molar-refractivity contribution >= 4 is 27.3 Å². The molecule has 21 heavy (non-hydrogen) atoms. The maximum absolute atomic E-state index is 13.6. The molecule has 0 spiro atoms. The van der Waals surface area contributed by atoms with E-state index in [1.165, 1.54) is 12.1 Å². The maximum Gasteiger partial charge on any atom is 0.221 e. The van der Waals surface area contributed by atoms with Crippen LogP contribution in [0, 0.1) is 23.3 Å². The molecule has 0 fully saturated rings. The van der Waals surface area contributed by atoms with Gasteiger partial charge in [-0.15, -0.1) is 11.3 Å². The SMILES string of the molecule is O=C(c1ccccc1)c1nc2c(F)c(F)c(F)c(F)c2s1. The summed E-state index contributed by atoms with van der Waals surface area (Å²) in [7, 11) is 0. The lowest BCUT2D eigenvalue weighted by Gasteiger charge is -1.97. The monoisotopic (exact) mass is 311 g/mol. The van der Waals surface area contributed by atoms with E-state index in [1.807, 2.05) is 0 Å². The standard InChI is InChI=1S/C14H5F4NOS/c15-7-8(16)10(18)13-11(9(7)17)19-14(21-13)12(20)6-4-2-1-3-5-6/h1-5H. The number of carbonyl (C=O) groups excluding carboxylic acids is 1. The van der Waals surface area contributed by atoms with Gasteiger partial charge in [0, 0.05) is 5.56 Å². The average Bonchev–Trinajstić information content (AvgIpc) is 2.96. The van der Waals surface area contributed by atoms with Gasteiger partial charge < -0.3 is 0 Å². The number of hydrogen-bond donors (Lipinski definition) is 0. The number of hydrogen-bond acceptors (Lipinski definition) is 3. The van der Waals surface area contributed by atoms with E-state index < -0.39 is 39.3 Å². The molecule has 0 aliphatic rings. The van der Waals surface area contributed by atoms with Gasteiger partial charge in [0.15, 0.2) is 28.3 Å². The van der Waals surface area contributed by atoms with Gasteiger partial charge in [0.1, 0.15) is 5.52 Å². The van der Waals surface area contributed by atoms with Crippen LogP contribution < -0.4 is 0 Å². The van der Waals surface area contributed by atoms with Crippen LogP contribution in [0.2, 0.25) is 0 Å². The molecule has 1 aromatic heterocycles. The average molecular weight is 311 g/mol. The van der Waals surface area contributed by atoms with Crippen molar-refractivity contribution < 1.29 is 22.4 Å². The van der Waals surface area contributed by atoms with E-state index in [0.717, 1.165) is 0 Å². The Labute approximate surface area is 119 Å². The number of halogens is 4. The van der Waals surface area contributed by atoms with Crippen LogP contribution in [-0.4, -0.2) is 10.8 Å². The number of thiazole rings is 1. The molecule has 2 nitrogen and oxygen atoms in total. The molecule has 3 rings (SSSR count). The van der Waals surface area contributed by atoms with Crippen molar-refractivity contribution in [3.8, 4) is 0 Å². The smallest absolute Gasteiger partial charge is 0.221 e. The van der Waals surface area contributed by atoms with E-state index in [1.54, 1.807) is 18.2 Å². The van der Waals surface area contributed by atoms with Crippen LogP contribution in [0.1, 0.15) is 15.4 Å². The highest BCUT2D eigenvalue weighted by atomic mass is 32.1. The van der Waals surface area contributed by atoms with Crippen molar-refractivity contribution in [2.45, 2.75) is 0 Å². The van der Waals surface area contributed by atoms with Crippen molar-refractivity contribution in [3.63, 3.8) is 0 Å². The Hall–Kier alpha value is -2.28. The van der Waals surface area contributed by atoms with Crippen LogP contribution in [0.15, 0.2) is 30.3 Å². The summed E-state index contributed by atoms with van der Waals surface area (Å²) in [6.07, 6.45) is 0. The molecule has 7 heteroatoms. The predicted molar refractivity (Wildman–Crippen MR) is 69.3 cm³/mol. The fourth-order valence-electron chi connectivity index (χ4n) is 1.82. The van der Waals surface area contributed by atoms with Gasteiger partial charge in [-0.2, -0.15) is 0 Å². The summed E-state index contributed by atoms with van der Waals surface area (Å²) in [6, 6.07) is 7.92. The van der Waals surface area contributed by atoms with E-state index in [2.05, 4.69) is 4.98 Å². The van der Waals surface area contributed by atoms with E-state index >= 15 is 0 Å². The number of ketones is 1. The molecule has 0 bridgehead atoms. The van der Waals surface area contributed by atoms with Gasteiger partial charge in [0.05, 0.1) is 4.70 Å². The van der Waals surface area contributed by atoms with Crippen LogP contribution in [-0.2, 0) is 0 Å². The fraction of sp³-hybridized carbons (Fsp3) is 0. The van der Waals surface area contributed by atoms with Crippen LogP contribution in [0.5, 0.6) is 0 Å². The number of rotatable bonds is 2. The minimum atomic E-state index is -1.94. The first kappa shape index (κ1) is 13.7. The molecule has 2 aromatic carbocycles. The van der Waals surface area contributed by atoms with Gasteiger partial charge in [0.25, 0.3) is 0 Å². The van der Waals surface area contributed by atoms with E-state index in [4.69, 9.17) is 0 Å². The Kier molecular flexibility index (Phi) is 3.21. The highest BCUT2D eigenvalue weighted by Gasteiger charge is 2.25. The molecule has 0 amide bonds. The molecular weight excluding hydrogens is 306 g/mol. The molecular formula is C14H5F4NOS. The van der Waals surface area contributed by atoms with Crippen molar-refractivity contribution in [1.82, 2.24) is 4.98 Å². The van der Waals surface area contributed by atoms with Gasteiger partial charge in [-0.1, -0.05) is 30.3 Å². The third-order valence-corrected chi connectivity index (χ3v) is 3.89. The lowest BCUT2D eigenvalue weighted by atomic mass is 10.1. The van der Waals surface area contributed by atoms with Crippen molar-refractivity contribution in [3.05, 3.63) is 64.2 Å². The van der Waals surface area contributed by atoms with E-state index in [-0.39, 0.29) is 10.6 Å². The summed E-state index contributed by atoms with van der Waals surface area (Å²) < 4.78 is 52.9. The largest absolute Gasteiger partial charge is 0.286 e. The molecule has 1 heterocycles. The normalized spacial score (nSPS) is 11.0. The molecule has 0 N–H and O–H groups in total. The summed E-state index contributed by atoms with van der Waals surface area (Å²) in [4.78, 5) is 15.7. The molecule has 0 radical (unpaired) electrons. The first-order chi connectivity index (χ1) is 10.0. The summed E-state index contributed by atoms with van der Waals surface area (Å²) in [5, 5.41) is -0.237. The van der Waals surface area contributed by atoms with E-state index in [0.29, 0.717) is 11.3 Å². The van der Waals surface area contributed by atoms with Crippen molar-refractivity contribution in [2.24, 2.45) is 0 Å². The molecule has 106 valence electrons. The topological polar surface area (TPSA) is 30.0 Å². The minimum absolute atomic E-state index is 0.237. The Balaban J connectivity index is 2.21. The summed E-state index contributed by atoms with van der Waals surface area (Å²) in [6.45, 7) is 0. The second kappa shape index (κ2) is 4.92.